The Balaban J connectivity index is 2.65. The largest absolute Gasteiger partial charge is 0.394 e. The molecule has 0 bridgehead atoms. The van der Waals surface area contributed by atoms with Crippen LogP contribution in [0, 0.1) is 5.82 Å². The van der Waals surface area contributed by atoms with Crippen molar-refractivity contribution >= 4 is 5.69 Å². The van der Waals surface area contributed by atoms with Crippen molar-refractivity contribution in [1.82, 2.24) is 9.78 Å². The number of nitrogens with zero attached hydrogens (tertiary/aromatic N) is 2. The smallest absolute Gasteiger partial charge is 0.294 e. The van der Waals surface area contributed by atoms with E-state index in [1.807, 2.05) is 0 Å². The first-order chi connectivity index (χ1) is 7.18. The molecule has 0 fully saturated rings. The molecule has 0 saturated heterocycles. The lowest BCUT2D eigenvalue weighted by Crippen LogP contribution is -2.23. The maximum Gasteiger partial charge on any atom is 0.294 e. The molecule has 2 aromatic rings. The van der Waals surface area contributed by atoms with Crippen LogP contribution in [0.4, 0.5) is 10.1 Å². The third-order valence-corrected chi connectivity index (χ3v) is 1.93. The van der Waals surface area contributed by atoms with Gasteiger partial charge < -0.3 is 5.73 Å². The molecular formula is C10H8FN3O. The van der Waals surface area contributed by atoms with Crippen LogP contribution in [0.15, 0.2) is 41.3 Å². The first-order valence-electron chi connectivity index (χ1n) is 4.28. The first-order valence-corrected chi connectivity index (χ1v) is 4.28. The highest BCUT2D eigenvalue weighted by molar-refractivity contribution is 5.38. The van der Waals surface area contributed by atoms with E-state index in [2.05, 4.69) is 5.10 Å². The van der Waals surface area contributed by atoms with Gasteiger partial charge in [0.1, 0.15) is 11.5 Å². The molecule has 4 nitrogen and oxygen atoms in total. The molecule has 1 heterocycles. The van der Waals surface area contributed by atoms with Crippen molar-refractivity contribution in [2.75, 3.05) is 5.73 Å². The van der Waals surface area contributed by atoms with Crippen molar-refractivity contribution in [2.24, 2.45) is 0 Å². The topological polar surface area (TPSA) is 60.9 Å². The van der Waals surface area contributed by atoms with E-state index in [0.717, 1.165) is 4.68 Å². The molecule has 0 saturated carbocycles. The number of nitrogens with two attached hydrogens (primary N) is 1. The molecule has 1 aromatic heterocycles. The lowest BCUT2D eigenvalue weighted by molar-refractivity contribution is 0.624. The number of halogens is 1. The molecule has 1 aromatic carbocycles. The minimum absolute atomic E-state index is 0.0780. The SMILES string of the molecule is Nc1ccnn(-c2cccc(F)c2)c1=O. The van der Waals surface area contributed by atoms with Gasteiger partial charge in [0.15, 0.2) is 0 Å². The molecule has 5 heteroatoms. The summed E-state index contributed by atoms with van der Waals surface area (Å²) in [5.74, 6) is -0.427. The Morgan fingerprint density at radius 2 is 2.13 bits per heavy atom. The fourth-order valence-corrected chi connectivity index (χ4v) is 1.22. The molecule has 15 heavy (non-hydrogen) atoms. The highest BCUT2D eigenvalue weighted by Crippen LogP contribution is 2.06. The van der Waals surface area contributed by atoms with E-state index in [1.54, 1.807) is 6.07 Å². The van der Waals surface area contributed by atoms with Gasteiger partial charge in [-0.15, -0.1) is 0 Å². The van der Waals surface area contributed by atoms with Crippen LogP contribution in [0.25, 0.3) is 5.69 Å². The Morgan fingerprint density at radius 3 is 2.87 bits per heavy atom. The molecule has 0 aliphatic carbocycles. The van der Waals surface area contributed by atoms with E-state index >= 15 is 0 Å². The summed E-state index contributed by atoms with van der Waals surface area (Å²) in [6.45, 7) is 0. The van der Waals surface area contributed by atoms with E-state index in [0.29, 0.717) is 5.69 Å². The summed E-state index contributed by atoms with van der Waals surface area (Å²) in [4.78, 5) is 11.5. The Morgan fingerprint density at radius 1 is 1.33 bits per heavy atom. The normalized spacial score (nSPS) is 10.2. The van der Waals surface area contributed by atoms with Crippen molar-refractivity contribution in [3.63, 3.8) is 0 Å². The fourth-order valence-electron chi connectivity index (χ4n) is 1.22. The molecule has 2 N–H and O–H groups in total. The molecule has 76 valence electrons. The van der Waals surface area contributed by atoms with Crippen molar-refractivity contribution < 1.29 is 4.39 Å². The van der Waals surface area contributed by atoms with Crippen LogP contribution in [0.1, 0.15) is 0 Å². The van der Waals surface area contributed by atoms with Crippen LogP contribution in [0.2, 0.25) is 0 Å². The van der Waals surface area contributed by atoms with Gasteiger partial charge >= 0.3 is 0 Å². The van der Waals surface area contributed by atoms with E-state index < -0.39 is 11.4 Å². The highest BCUT2D eigenvalue weighted by Gasteiger charge is 2.03. The first kappa shape index (κ1) is 9.39. The third kappa shape index (κ3) is 1.71. The van der Waals surface area contributed by atoms with Crippen LogP contribution < -0.4 is 11.3 Å². The molecule has 0 amide bonds. The van der Waals surface area contributed by atoms with Crippen molar-refractivity contribution in [2.45, 2.75) is 0 Å². The maximum atomic E-state index is 12.9. The standard InChI is InChI=1S/C10H8FN3O/c11-7-2-1-3-8(6-7)14-10(15)9(12)4-5-13-14/h1-6H,12H2. The van der Waals surface area contributed by atoms with E-state index in [9.17, 15) is 9.18 Å². The van der Waals surface area contributed by atoms with Gasteiger partial charge in [-0.1, -0.05) is 6.07 Å². The Hall–Kier alpha value is -2.17. The Bertz CT molecular complexity index is 550. The van der Waals surface area contributed by atoms with Crippen LogP contribution in [0.5, 0.6) is 0 Å². The number of benzene rings is 1. The van der Waals surface area contributed by atoms with Gasteiger partial charge in [0.05, 0.1) is 11.9 Å². The van der Waals surface area contributed by atoms with Gasteiger partial charge in [-0.05, 0) is 24.3 Å². The molecule has 0 aliphatic heterocycles. The summed E-state index contributed by atoms with van der Waals surface area (Å²) < 4.78 is 14.0. The monoisotopic (exact) mass is 205 g/mol. The van der Waals surface area contributed by atoms with Crippen molar-refractivity contribution in [3.05, 3.63) is 52.7 Å². The predicted molar refractivity (Wildman–Crippen MR) is 54.2 cm³/mol. The van der Waals surface area contributed by atoms with Crippen LogP contribution in [-0.4, -0.2) is 9.78 Å². The number of hydrogen-bond acceptors (Lipinski definition) is 3. The average molecular weight is 205 g/mol. The predicted octanol–water partition coefficient (Wildman–Crippen LogP) is 0.954. The fraction of sp³-hybridized carbons (Fsp3) is 0. The summed E-state index contributed by atoms with van der Waals surface area (Å²) in [6.07, 6.45) is 1.39. The zero-order chi connectivity index (χ0) is 10.8. The highest BCUT2D eigenvalue weighted by atomic mass is 19.1. The number of hydrogen-bond donors (Lipinski definition) is 1. The quantitative estimate of drug-likeness (QED) is 0.754. The molecule has 0 radical (unpaired) electrons. The molecule has 0 aliphatic rings. The van der Waals surface area contributed by atoms with Crippen LogP contribution in [0.3, 0.4) is 0 Å². The van der Waals surface area contributed by atoms with Crippen molar-refractivity contribution in [1.29, 1.82) is 0 Å². The summed E-state index contributed by atoms with van der Waals surface area (Å²) in [5.41, 5.74) is 5.41. The zero-order valence-corrected chi connectivity index (χ0v) is 7.72. The van der Waals surface area contributed by atoms with Gasteiger partial charge in [0, 0.05) is 0 Å². The van der Waals surface area contributed by atoms with Gasteiger partial charge in [-0.3, -0.25) is 4.79 Å². The average Bonchev–Trinajstić information content (AvgIpc) is 2.22. The lowest BCUT2D eigenvalue weighted by Gasteiger charge is -2.04. The molecule has 0 spiro atoms. The van der Waals surface area contributed by atoms with E-state index in [-0.39, 0.29) is 5.69 Å². The summed E-state index contributed by atoms with van der Waals surface area (Å²) >= 11 is 0. The summed E-state index contributed by atoms with van der Waals surface area (Å²) in [7, 11) is 0. The zero-order valence-electron chi connectivity index (χ0n) is 7.72. The summed E-state index contributed by atoms with van der Waals surface area (Å²) in [6, 6.07) is 6.99. The number of anilines is 1. The van der Waals surface area contributed by atoms with Gasteiger partial charge in [0.25, 0.3) is 5.56 Å². The molecule has 0 atom stereocenters. The second-order valence-corrected chi connectivity index (χ2v) is 2.98. The van der Waals surface area contributed by atoms with E-state index in [1.165, 1.54) is 30.5 Å². The maximum absolute atomic E-state index is 12.9. The second kappa shape index (κ2) is 3.53. The van der Waals surface area contributed by atoms with Crippen LogP contribution >= 0.6 is 0 Å². The summed E-state index contributed by atoms with van der Waals surface area (Å²) in [5, 5.41) is 3.81. The number of rotatable bonds is 1. The van der Waals surface area contributed by atoms with E-state index in [4.69, 9.17) is 5.73 Å². The minimum atomic E-state index is -0.455. The Labute approximate surface area is 84.8 Å². The second-order valence-electron chi connectivity index (χ2n) is 2.98. The minimum Gasteiger partial charge on any atom is -0.394 e. The van der Waals surface area contributed by atoms with Crippen molar-refractivity contribution in [3.8, 4) is 5.69 Å². The molecular weight excluding hydrogens is 197 g/mol. The van der Waals surface area contributed by atoms with Gasteiger partial charge in [-0.2, -0.15) is 9.78 Å². The lowest BCUT2D eigenvalue weighted by atomic mass is 10.3. The number of nitrogen functional groups attached to an aromatic ring is 1. The van der Waals surface area contributed by atoms with Gasteiger partial charge in [0.2, 0.25) is 0 Å². The Kier molecular flexibility index (Phi) is 2.21. The van der Waals surface area contributed by atoms with Crippen LogP contribution in [-0.2, 0) is 0 Å². The number of aromatic nitrogens is 2. The molecule has 2 rings (SSSR count). The third-order valence-electron chi connectivity index (χ3n) is 1.93. The van der Waals surface area contributed by atoms with Gasteiger partial charge in [-0.25, -0.2) is 4.39 Å². The molecule has 0 unspecified atom stereocenters.